The van der Waals surface area contributed by atoms with Crippen molar-refractivity contribution in [3.05, 3.63) is 21.4 Å². The first-order valence-corrected chi connectivity index (χ1v) is 6.93. The summed E-state index contributed by atoms with van der Waals surface area (Å²) in [4.78, 5) is 3.27. The molecule has 1 aliphatic carbocycles. The van der Waals surface area contributed by atoms with E-state index in [4.69, 9.17) is 0 Å². The first-order chi connectivity index (χ1) is 7.35. The molecule has 0 saturated carbocycles. The third kappa shape index (κ3) is 2.43. The lowest BCUT2D eigenvalue weighted by molar-refractivity contribution is 0.534. The summed E-state index contributed by atoms with van der Waals surface area (Å²) in [7, 11) is 2.06. The van der Waals surface area contributed by atoms with E-state index in [0.717, 1.165) is 12.5 Å². The van der Waals surface area contributed by atoms with Crippen LogP contribution in [0.5, 0.6) is 0 Å². The Hall–Kier alpha value is -0.340. The van der Waals surface area contributed by atoms with E-state index in [0.29, 0.717) is 0 Å². The van der Waals surface area contributed by atoms with Gasteiger partial charge in [-0.25, -0.2) is 0 Å². The molecule has 2 heteroatoms. The average molecular weight is 223 g/mol. The number of hydrogen-bond donors (Lipinski definition) is 1. The summed E-state index contributed by atoms with van der Waals surface area (Å²) in [6.45, 7) is 3.42. The summed E-state index contributed by atoms with van der Waals surface area (Å²) in [5, 5.41) is 3.32. The second-order valence-electron chi connectivity index (χ2n) is 4.49. The Labute approximate surface area is 96.9 Å². The monoisotopic (exact) mass is 223 g/mol. The second kappa shape index (κ2) is 5.13. The largest absolute Gasteiger partial charge is 0.319 e. The zero-order valence-corrected chi connectivity index (χ0v) is 10.6. The minimum Gasteiger partial charge on any atom is -0.319 e. The molecule has 0 radical (unpaired) electrons. The molecule has 1 atom stereocenters. The van der Waals surface area contributed by atoms with Crippen molar-refractivity contribution in [3.63, 3.8) is 0 Å². The Morgan fingerprint density at radius 2 is 2.40 bits per heavy atom. The molecule has 1 aromatic rings. The zero-order chi connectivity index (χ0) is 10.7. The quantitative estimate of drug-likeness (QED) is 0.825. The van der Waals surface area contributed by atoms with Gasteiger partial charge in [0.1, 0.15) is 0 Å². The van der Waals surface area contributed by atoms with Gasteiger partial charge >= 0.3 is 0 Å². The Morgan fingerprint density at radius 3 is 3.13 bits per heavy atom. The van der Waals surface area contributed by atoms with Crippen LogP contribution in [-0.4, -0.2) is 13.6 Å². The molecular weight excluding hydrogens is 202 g/mol. The van der Waals surface area contributed by atoms with Crippen molar-refractivity contribution in [1.29, 1.82) is 0 Å². The number of hydrogen-bond acceptors (Lipinski definition) is 2. The molecule has 1 nitrogen and oxygen atoms in total. The van der Waals surface area contributed by atoms with Crippen molar-refractivity contribution in [3.8, 4) is 0 Å². The van der Waals surface area contributed by atoms with E-state index in [9.17, 15) is 0 Å². The van der Waals surface area contributed by atoms with Crippen molar-refractivity contribution in [1.82, 2.24) is 5.32 Å². The molecule has 0 amide bonds. The van der Waals surface area contributed by atoms with Crippen molar-refractivity contribution in [2.24, 2.45) is 0 Å². The predicted molar refractivity (Wildman–Crippen MR) is 67.9 cm³/mol. The van der Waals surface area contributed by atoms with Gasteiger partial charge in [0.25, 0.3) is 0 Å². The first kappa shape index (κ1) is 11.2. The number of rotatable bonds is 4. The molecule has 1 unspecified atom stereocenters. The van der Waals surface area contributed by atoms with Gasteiger partial charge in [-0.2, -0.15) is 0 Å². The van der Waals surface area contributed by atoms with Gasteiger partial charge in [0, 0.05) is 16.3 Å². The minimum atomic E-state index is 0.778. The molecule has 1 aliphatic rings. The molecule has 84 valence electrons. The number of fused-ring (bicyclic) bond motifs is 1. The van der Waals surface area contributed by atoms with Gasteiger partial charge < -0.3 is 5.32 Å². The van der Waals surface area contributed by atoms with E-state index in [1.807, 2.05) is 0 Å². The van der Waals surface area contributed by atoms with Crippen molar-refractivity contribution >= 4 is 11.3 Å². The molecule has 2 rings (SSSR count). The molecule has 0 aliphatic heterocycles. The van der Waals surface area contributed by atoms with Crippen LogP contribution in [0.4, 0.5) is 0 Å². The van der Waals surface area contributed by atoms with E-state index < -0.39 is 0 Å². The summed E-state index contributed by atoms with van der Waals surface area (Å²) in [6.07, 6.45) is 6.62. The molecule has 1 heterocycles. The lowest BCUT2D eigenvalue weighted by Gasteiger charge is -2.21. The molecule has 0 spiro atoms. The summed E-state index contributed by atoms with van der Waals surface area (Å²) >= 11 is 2.06. The Kier molecular flexibility index (Phi) is 3.81. The fourth-order valence-electron chi connectivity index (χ4n) is 2.53. The van der Waals surface area contributed by atoms with Gasteiger partial charge in [-0.05, 0) is 50.3 Å². The van der Waals surface area contributed by atoms with Gasteiger partial charge in [0.05, 0.1) is 0 Å². The minimum absolute atomic E-state index is 0.778. The summed E-state index contributed by atoms with van der Waals surface area (Å²) in [6, 6.07) is 2.48. The maximum atomic E-state index is 3.32. The molecule has 0 bridgehead atoms. The van der Waals surface area contributed by atoms with E-state index in [1.165, 1.54) is 32.1 Å². The van der Waals surface area contributed by atoms with Gasteiger partial charge in [-0.15, -0.1) is 11.3 Å². The highest BCUT2D eigenvalue weighted by molar-refractivity contribution is 7.12. The molecule has 0 saturated heterocycles. The number of nitrogens with one attached hydrogen (secondary N) is 1. The van der Waals surface area contributed by atoms with E-state index >= 15 is 0 Å². The summed E-state index contributed by atoms with van der Waals surface area (Å²) < 4.78 is 0. The van der Waals surface area contributed by atoms with Crippen LogP contribution in [0.25, 0.3) is 0 Å². The fourth-order valence-corrected chi connectivity index (χ4v) is 3.93. The maximum Gasteiger partial charge on any atom is 0.00834 e. The molecule has 15 heavy (non-hydrogen) atoms. The van der Waals surface area contributed by atoms with Crippen LogP contribution < -0.4 is 5.32 Å². The normalized spacial score (nSPS) is 20.3. The third-order valence-electron chi connectivity index (χ3n) is 3.24. The first-order valence-electron chi connectivity index (χ1n) is 6.11. The van der Waals surface area contributed by atoms with E-state index in [1.54, 1.807) is 15.3 Å². The molecular formula is C13H21NS. The summed E-state index contributed by atoms with van der Waals surface area (Å²) in [5.74, 6) is 0.778. The molecule has 0 fully saturated rings. The maximum absolute atomic E-state index is 3.32. The van der Waals surface area contributed by atoms with Crippen molar-refractivity contribution in [2.75, 3.05) is 13.6 Å². The van der Waals surface area contributed by atoms with Gasteiger partial charge in [0.15, 0.2) is 0 Å². The molecule has 1 N–H and O–H groups in total. The van der Waals surface area contributed by atoms with Crippen LogP contribution in [0.3, 0.4) is 0 Å². The van der Waals surface area contributed by atoms with E-state index in [2.05, 4.69) is 36.7 Å². The Balaban J connectivity index is 2.18. The lowest BCUT2D eigenvalue weighted by atomic mass is 9.87. The molecule has 0 aromatic carbocycles. The number of thiophene rings is 1. The number of aryl methyl sites for hydroxylation is 2. The second-order valence-corrected chi connectivity index (χ2v) is 5.71. The summed E-state index contributed by atoms with van der Waals surface area (Å²) in [5.41, 5.74) is 1.66. The standard InChI is InChI=1S/C13H21NS/c1-3-5-11-8-12-10(9-14-2)6-4-7-13(12)15-11/h8,10,14H,3-7,9H2,1-2H3. The highest BCUT2D eigenvalue weighted by Crippen LogP contribution is 2.37. The Morgan fingerprint density at radius 1 is 1.53 bits per heavy atom. The van der Waals surface area contributed by atoms with Crippen LogP contribution in [0.15, 0.2) is 6.07 Å². The van der Waals surface area contributed by atoms with E-state index in [-0.39, 0.29) is 0 Å². The fraction of sp³-hybridized carbons (Fsp3) is 0.692. The zero-order valence-electron chi connectivity index (χ0n) is 9.81. The van der Waals surface area contributed by atoms with Gasteiger partial charge in [-0.1, -0.05) is 13.3 Å². The van der Waals surface area contributed by atoms with Crippen molar-refractivity contribution < 1.29 is 0 Å². The van der Waals surface area contributed by atoms with Crippen LogP contribution in [0, 0.1) is 0 Å². The lowest BCUT2D eigenvalue weighted by Crippen LogP contribution is -2.20. The third-order valence-corrected chi connectivity index (χ3v) is 4.51. The average Bonchev–Trinajstić information content (AvgIpc) is 2.62. The number of likely N-dealkylation sites (N-methyl/N-ethyl adjacent to an activating group) is 1. The predicted octanol–water partition coefficient (Wildman–Crippen LogP) is 3.34. The Bertz CT molecular complexity index is 316. The van der Waals surface area contributed by atoms with Crippen LogP contribution in [0.2, 0.25) is 0 Å². The van der Waals surface area contributed by atoms with Crippen LogP contribution in [-0.2, 0) is 12.8 Å². The smallest absolute Gasteiger partial charge is 0.00834 e. The topological polar surface area (TPSA) is 12.0 Å². The van der Waals surface area contributed by atoms with Gasteiger partial charge in [-0.3, -0.25) is 0 Å². The van der Waals surface area contributed by atoms with Gasteiger partial charge in [0.2, 0.25) is 0 Å². The highest BCUT2D eigenvalue weighted by atomic mass is 32.1. The van der Waals surface area contributed by atoms with Crippen molar-refractivity contribution in [2.45, 2.75) is 44.9 Å². The molecule has 1 aromatic heterocycles. The highest BCUT2D eigenvalue weighted by Gasteiger charge is 2.21. The van der Waals surface area contributed by atoms with Crippen LogP contribution in [0.1, 0.15) is 47.4 Å². The van der Waals surface area contributed by atoms with Crippen LogP contribution >= 0.6 is 11.3 Å². The SMILES string of the molecule is CCCc1cc2c(s1)CCCC2CNC.